The van der Waals surface area contributed by atoms with Gasteiger partial charge in [0.25, 0.3) is 5.91 Å². The molecule has 0 aliphatic rings. The van der Waals surface area contributed by atoms with Crippen LogP contribution in [0.4, 0.5) is 4.39 Å². The molecule has 0 aliphatic carbocycles. The third-order valence-electron chi connectivity index (χ3n) is 4.56. The smallest absolute Gasteiger partial charge is 0.289 e. The maximum absolute atomic E-state index is 13.8. The van der Waals surface area contributed by atoms with E-state index in [0.717, 1.165) is 17.3 Å². The van der Waals surface area contributed by atoms with E-state index in [2.05, 4.69) is 20.7 Å². The fourth-order valence-corrected chi connectivity index (χ4v) is 3.13. The first-order valence-electron chi connectivity index (χ1n) is 9.70. The van der Waals surface area contributed by atoms with Gasteiger partial charge in [0.05, 0.1) is 16.9 Å². The molecule has 160 valence electrons. The van der Waals surface area contributed by atoms with E-state index < -0.39 is 11.7 Å². The Morgan fingerprint density at radius 3 is 2.72 bits per heavy atom. The minimum absolute atomic E-state index is 0.0899. The quantitative estimate of drug-likeness (QED) is 0.301. The van der Waals surface area contributed by atoms with Crippen molar-refractivity contribution in [3.8, 4) is 17.0 Å². The SMILES string of the molecule is O=C(N/N=C/c1c(F)cccc1Cl)c1cc(-c2cccc(OCc3ccccc3)c2)n[nH]1. The van der Waals surface area contributed by atoms with E-state index in [0.29, 0.717) is 18.1 Å². The largest absolute Gasteiger partial charge is 0.489 e. The van der Waals surface area contributed by atoms with Gasteiger partial charge in [-0.2, -0.15) is 10.2 Å². The zero-order valence-corrected chi connectivity index (χ0v) is 17.5. The summed E-state index contributed by atoms with van der Waals surface area (Å²) in [5.74, 6) is -0.371. The first kappa shape index (κ1) is 21.3. The number of H-pyrrole nitrogens is 1. The lowest BCUT2D eigenvalue weighted by atomic mass is 10.1. The third kappa shape index (κ3) is 5.19. The van der Waals surface area contributed by atoms with Crippen LogP contribution < -0.4 is 10.2 Å². The van der Waals surface area contributed by atoms with Gasteiger partial charge in [-0.3, -0.25) is 9.89 Å². The van der Waals surface area contributed by atoms with Crippen LogP contribution in [-0.2, 0) is 6.61 Å². The molecule has 8 heteroatoms. The van der Waals surface area contributed by atoms with Crippen LogP contribution in [0.15, 0.2) is 84.0 Å². The molecule has 1 heterocycles. The van der Waals surface area contributed by atoms with Crippen molar-refractivity contribution in [2.45, 2.75) is 6.61 Å². The monoisotopic (exact) mass is 448 g/mol. The molecule has 6 nitrogen and oxygen atoms in total. The number of ether oxygens (including phenoxy) is 1. The van der Waals surface area contributed by atoms with Crippen LogP contribution in [-0.4, -0.2) is 22.3 Å². The first-order valence-corrected chi connectivity index (χ1v) is 10.1. The van der Waals surface area contributed by atoms with Crippen LogP contribution in [0.25, 0.3) is 11.3 Å². The second-order valence-electron chi connectivity index (χ2n) is 6.80. The molecule has 0 atom stereocenters. The lowest BCUT2D eigenvalue weighted by molar-refractivity contribution is 0.0950. The zero-order valence-electron chi connectivity index (χ0n) is 16.8. The molecule has 0 spiro atoms. The molecular weight excluding hydrogens is 431 g/mol. The maximum atomic E-state index is 13.8. The number of carbonyl (C=O) groups is 1. The molecule has 0 aliphatic heterocycles. The molecule has 0 radical (unpaired) electrons. The second kappa shape index (κ2) is 9.89. The summed E-state index contributed by atoms with van der Waals surface area (Å²) >= 11 is 5.93. The molecule has 0 bridgehead atoms. The molecule has 0 saturated heterocycles. The van der Waals surface area contributed by atoms with Gasteiger partial charge in [-0.1, -0.05) is 60.1 Å². The number of aromatic amines is 1. The first-order chi connectivity index (χ1) is 15.6. The van der Waals surface area contributed by atoms with Gasteiger partial charge in [-0.15, -0.1) is 0 Å². The van der Waals surface area contributed by atoms with Crippen molar-refractivity contribution in [2.75, 3.05) is 0 Å². The van der Waals surface area contributed by atoms with E-state index in [1.165, 1.54) is 18.2 Å². The van der Waals surface area contributed by atoms with E-state index in [1.54, 1.807) is 6.07 Å². The Labute approximate surface area is 188 Å². The zero-order chi connectivity index (χ0) is 22.3. The highest BCUT2D eigenvalue weighted by Gasteiger charge is 2.11. The van der Waals surface area contributed by atoms with E-state index in [9.17, 15) is 9.18 Å². The summed E-state index contributed by atoms with van der Waals surface area (Å²) in [6, 6.07) is 23.2. The van der Waals surface area contributed by atoms with Crippen LogP contribution in [0.3, 0.4) is 0 Å². The third-order valence-corrected chi connectivity index (χ3v) is 4.89. The highest BCUT2D eigenvalue weighted by molar-refractivity contribution is 6.33. The average molecular weight is 449 g/mol. The lowest BCUT2D eigenvalue weighted by Gasteiger charge is -2.07. The summed E-state index contributed by atoms with van der Waals surface area (Å²) in [6.45, 7) is 0.447. The highest BCUT2D eigenvalue weighted by Crippen LogP contribution is 2.23. The summed E-state index contributed by atoms with van der Waals surface area (Å²) in [4.78, 5) is 12.3. The molecule has 3 aromatic carbocycles. The summed E-state index contributed by atoms with van der Waals surface area (Å²) in [7, 11) is 0. The van der Waals surface area contributed by atoms with Crippen molar-refractivity contribution in [1.29, 1.82) is 0 Å². The van der Waals surface area contributed by atoms with Crippen LogP contribution in [0.2, 0.25) is 5.02 Å². The predicted octanol–water partition coefficient (Wildman–Crippen LogP) is 5.21. The standard InChI is InChI=1S/C24H18ClFN4O2/c25-20-10-5-11-21(26)19(20)14-27-30-24(31)23-13-22(28-29-23)17-8-4-9-18(12-17)32-15-16-6-2-1-3-7-16/h1-14H,15H2,(H,28,29)(H,30,31)/b27-14+. The summed E-state index contributed by atoms with van der Waals surface area (Å²) in [5, 5.41) is 10.8. The van der Waals surface area contributed by atoms with Gasteiger partial charge in [0.2, 0.25) is 0 Å². The predicted molar refractivity (Wildman–Crippen MR) is 121 cm³/mol. The Morgan fingerprint density at radius 2 is 1.91 bits per heavy atom. The summed E-state index contributed by atoms with van der Waals surface area (Å²) < 4.78 is 19.6. The number of nitrogens with zero attached hydrogens (tertiary/aromatic N) is 2. The number of amides is 1. The number of carbonyl (C=O) groups excluding carboxylic acids is 1. The van der Waals surface area contributed by atoms with E-state index in [-0.39, 0.29) is 16.3 Å². The molecule has 0 unspecified atom stereocenters. The van der Waals surface area contributed by atoms with Crippen LogP contribution in [0.1, 0.15) is 21.6 Å². The number of nitrogens with one attached hydrogen (secondary N) is 2. The number of hydrogen-bond acceptors (Lipinski definition) is 4. The minimum atomic E-state index is -0.534. The highest BCUT2D eigenvalue weighted by atomic mass is 35.5. The van der Waals surface area contributed by atoms with E-state index >= 15 is 0 Å². The molecule has 4 rings (SSSR count). The summed E-state index contributed by atoms with van der Waals surface area (Å²) in [5.41, 5.74) is 5.04. The van der Waals surface area contributed by atoms with Gasteiger partial charge in [0.1, 0.15) is 23.9 Å². The topological polar surface area (TPSA) is 79.4 Å². The molecule has 32 heavy (non-hydrogen) atoms. The Balaban J connectivity index is 1.41. The van der Waals surface area contributed by atoms with Crippen LogP contribution >= 0.6 is 11.6 Å². The molecule has 0 saturated carbocycles. The Morgan fingerprint density at radius 1 is 1.09 bits per heavy atom. The molecular formula is C24H18ClFN4O2. The van der Waals surface area contributed by atoms with Gasteiger partial charge in [-0.25, -0.2) is 9.82 Å². The van der Waals surface area contributed by atoms with Crippen molar-refractivity contribution < 1.29 is 13.9 Å². The van der Waals surface area contributed by atoms with Gasteiger partial charge in [-0.05, 0) is 35.9 Å². The van der Waals surface area contributed by atoms with Crippen molar-refractivity contribution in [1.82, 2.24) is 15.6 Å². The van der Waals surface area contributed by atoms with Gasteiger partial charge in [0.15, 0.2) is 0 Å². The minimum Gasteiger partial charge on any atom is -0.489 e. The van der Waals surface area contributed by atoms with E-state index in [1.807, 2.05) is 54.6 Å². The normalized spacial score (nSPS) is 10.9. The average Bonchev–Trinajstić information content (AvgIpc) is 3.31. The fourth-order valence-electron chi connectivity index (χ4n) is 2.92. The number of aromatic nitrogens is 2. The van der Waals surface area contributed by atoms with Gasteiger partial charge in [0, 0.05) is 11.1 Å². The van der Waals surface area contributed by atoms with Crippen molar-refractivity contribution in [3.05, 3.63) is 107 Å². The van der Waals surface area contributed by atoms with Crippen molar-refractivity contribution >= 4 is 23.7 Å². The number of halogens is 2. The van der Waals surface area contributed by atoms with Crippen LogP contribution in [0.5, 0.6) is 5.75 Å². The number of benzene rings is 3. The van der Waals surface area contributed by atoms with Crippen LogP contribution in [0, 0.1) is 5.82 Å². The number of rotatable bonds is 7. The Bertz CT molecular complexity index is 1240. The maximum Gasteiger partial charge on any atom is 0.289 e. The molecule has 4 aromatic rings. The van der Waals surface area contributed by atoms with Gasteiger partial charge < -0.3 is 4.74 Å². The lowest BCUT2D eigenvalue weighted by Crippen LogP contribution is -2.18. The summed E-state index contributed by atoms with van der Waals surface area (Å²) in [6.07, 6.45) is 1.15. The molecule has 2 N–H and O–H groups in total. The van der Waals surface area contributed by atoms with Gasteiger partial charge >= 0.3 is 0 Å². The fraction of sp³-hybridized carbons (Fsp3) is 0.0417. The molecule has 0 fully saturated rings. The number of hydrazone groups is 1. The van der Waals surface area contributed by atoms with E-state index in [4.69, 9.17) is 16.3 Å². The Hall–Kier alpha value is -3.97. The van der Waals surface area contributed by atoms with Crippen molar-refractivity contribution in [3.63, 3.8) is 0 Å². The molecule has 1 aromatic heterocycles. The van der Waals surface area contributed by atoms with Crippen molar-refractivity contribution in [2.24, 2.45) is 5.10 Å². The second-order valence-corrected chi connectivity index (χ2v) is 7.21. The number of hydrogen-bond donors (Lipinski definition) is 2. The Kier molecular flexibility index (Phi) is 6.57. The molecule has 1 amide bonds.